The molecule has 0 spiro atoms. The third-order valence-corrected chi connectivity index (χ3v) is 6.42. The Morgan fingerprint density at radius 1 is 1.13 bits per heavy atom. The minimum Gasteiger partial charge on any atom is -0.477 e. The lowest BCUT2D eigenvalue weighted by atomic mass is 10.2. The number of aromatic nitrogens is 1. The minimum atomic E-state index is -0.552. The number of halogens is 2. The number of nitro benzene ring substituents is 1. The summed E-state index contributed by atoms with van der Waals surface area (Å²) in [6.07, 6.45) is 0. The van der Waals surface area contributed by atoms with Gasteiger partial charge in [-0.1, -0.05) is 40.2 Å². The summed E-state index contributed by atoms with van der Waals surface area (Å²) < 4.78 is 7.92. The predicted molar refractivity (Wildman–Crippen MR) is 128 cm³/mol. The fourth-order valence-corrected chi connectivity index (χ4v) is 5.22. The number of para-hydroxylation sites is 3. The van der Waals surface area contributed by atoms with Crippen LogP contribution in [0.25, 0.3) is 20.8 Å². The molecule has 0 atom stereocenters. The van der Waals surface area contributed by atoms with Crippen LogP contribution in [0.5, 0.6) is 5.75 Å². The molecule has 4 aromatic rings. The highest BCUT2D eigenvalue weighted by Crippen LogP contribution is 2.40. The van der Waals surface area contributed by atoms with E-state index in [2.05, 4.69) is 42.2 Å². The average Bonchev–Trinajstić information content (AvgIpc) is 3.18. The van der Waals surface area contributed by atoms with E-state index in [1.807, 2.05) is 36.4 Å². The van der Waals surface area contributed by atoms with Crippen molar-refractivity contribution in [2.45, 2.75) is 0 Å². The molecule has 7 nitrogen and oxygen atoms in total. The number of ether oxygens (including phenoxy) is 1. The van der Waals surface area contributed by atoms with E-state index >= 15 is 0 Å². The van der Waals surface area contributed by atoms with Gasteiger partial charge in [0.1, 0.15) is 5.01 Å². The zero-order valence-corrected chi connectivity index (χ0v) is 19.7. The molecule has 1 amide bonds. The van der Waals surface area contributed by atoms with Crippen LogP contribution in [0.2, 0.25) is 0 Å². The van der Waals surface area contributed by atoms with Crippen LogP contribution in [0.1, 0.15) is 0 Å². The van der Waals surface area contributed by atoms with Crippen molar-refractivity contribution in [3.05, 3.63) is 79.7 Å². The number of fused-ring (bicyclic) bond motifs is 1. The van der Waals surface area contributed by atoms with Crippen molar-refractivity contribution >= 4 is 70.7 Å². The Balaban J connectivity index is 1.60. The molecule has 0 unspecified atom stereocenters. The van der Waals surface area contributed by atoms with E-state index in [0.717, 1.165) is 25.3 Å². The quantitative estimate of drug-likeness (QED) is 0.216. The van der Waals surface area contributed by atoms with Gasteiger partial charge >= 0.3 is 5.69 Å². The number of thiazole rings is 1. The Bertz CT molecular complexity index is 1280. The van der Waals surface area contributed by atoms with Gasteiger partial charge in [-0.25, -0.2) is 4.98 Å². The molecule has 0 saturated carbocycles. The van der Waals surface area contributed by atoms with Gasteiger partial charge in [-0.05, 0) is 46.3 Å². The number of rotatable bonds is 6. The van der Waals surface area contributed by atoms with Gasteiger partial charge in [-0.2, -0.15) is 0 Å². The lowest BCUT2D eigenvalue weighted by Gasteiger charge is -2.13. The van der Waals surface area contributed by atoms with Gasteiger partial charge in [0.2, 0.25) is 0 Å². The number of amides is 1. The van der Waals surface area contributed by atoms with E-state index in [4.69, 9.17) is 4.74 Å². The maximum absolute atomic E-state index is 12.6. The van der Waals surface area contributed by atoms with E-state index < -0.39 is 10.8 Å². The summed E-state index contributed by atoms with van der Waals surface area (Å²) in [5.74, 6) is -0.424. The average molecular weight is 563 g/mol. The monoisotopic (exact) mass is 561 g/mol. The third-order valence-electron chi connectivity index (χ3n) is 4.26. The number of anilines is 1. The van der Waals surface area contributed by atoms with Crippen LogP contribution in [0.4, 0.5) is 11.4 Å². The Morgan fingerprint density at radius 3 is 2.65 bits per heavy atom. The number of nitrogens with zero attached hydrogens (tertiary/aromatic N) is 2. The summed E-state index contributed by atoms with van der Waals surface area (Å²) in [6, 6.07) is 17.4. The molecule has 0 fully saturated rings. The summed E-state index contributed by atoms with van der Waals surface area (Å²) in [5.41, 5.74) is 1.95. The van der Waals surface area contributed by atoms with Crippen molar-refractivity contribution in [1.82, 2.24) is 4.98 Å². The zero-order valence-electron chi connectivity index (χ0n) is 15.7. The van der Waals surface area contributed by atoms with Crippen molar-refractivity contribution in [3.8, 4) is 16.3 Å². The number of hydrogen-bond donors (Lipinski definition) is 1. The van der Waals surface area contributed by atoms with Crippen LogP contribution in [0, 0.1) is 10.1 Å². The van der Waals surface area contributed by atoms with Crippen molar-refractivity contribution in [2.24, 2.45) is 0 Å². The van der Waals surface area contributed by atoms with Crippen molar-refractivity contribution in [2.75, 3.05) is 11.9 Å². The fraction of sp³-hybridized carbons (Fsp3) is 0.0476. The van der Waals surface area contributed by atoms with Gasteiger partial charge < -0.3 is 10.1 Å². The molecule has 0 aliphatic rings. The SMILES string of the molecule is O=C(COc1ccccc1[N+](=O)[O-])Nc1c(Br)cc(Br)cc1-c1nc2ccccc2s1. The molecule has 4 rings (SSSR count). The van der Waals surface area contributed by atoms with Crippen molar-refractivity contribution in [3.63, 3.8) is 0 Å². The zero-order chi connectivity index (χ0) is 22.0. The molecule has 1 heterocycles. The van der Waals surface area contributed by atoms with Gasteiger partial charge in [0.25, 0.3) is 5.91 Å². The van der Waals surface area contributed by atoms with E-state index in [1.54, 1.807) is 6.07 Å². The van der Waals surface area contributed by atoms with Gasteiger partial charge in [0, 0.05) is 20.6 Å². The summed E-state index contributed by atoms with van der Waals surface area (Å²) in [4.78, 5) is 27.8. The molecule has 0 saturated heterocycles. The summed E-state index contributed by atoms with van der Waals surface area (Å²) in [6.45, 7) is -0.382. The molecule has 31 heavy (non-hydrogen) atoms. The lowest BCUT2D eigenvalue weighted by Crippen LogP contribution is -2.21. The molecule has 10 heteroatoms. The van der Waals surface area contributed by atoms with Gasteiger partial charge in [-0.3, -0.25) is 14.9 Å². The maximum Gasteiger partial charge on any atom is 0.310 e. The number of nitrogens with one attached hydrogen (secondary N) is 1. The second kappa shape index (κ2) is 9.13. The topological polar surface area (TPSA) is 94.4 Å². The molecule has 1 aromatic heterocycles. The number of hydrogen-bond acceptors (Lipinski definition) is 6. The molecule has 0 aliphatic heterocycles. The number of nitro groups is 1. The van der Waals surface area contributed by atoms with Crippen molar-refractivity contribution in [1.29, 1.82) is 0 Å². The first-order chi connectivity index (χ1) is 14.9. The first kappa shape index (κ1) is 21.4. The molecule has 156 valence electrons. The highest BCUT2D eigenvalue weighted by atomic mass is 79.9. The van der Waals surface area contributed by atoms with Crippen LogP contribution in [0.15, 0.2) is 69.6 Å². The first-order valence-electron chi connectivity index (χ1n) is 8.93. The van der Waals surface area contributed by atoms with E-state index in [1.165, 1.54) is 29.5 Å². The fourth-order valence-electron chi connectivity index (χ4n) is 2.91. The Kier molecular flexibility index (Phi) is 6.30. The normalized spacial score (nSPS) is 10.8. The van der Waals surface area contributed by atoms with Gasteiger partial charge in [0.15, 0.2) is 12.4 Å². The highest BCUT2D eigenvalue weighted by Gasteiger charge is 2.19. The van der Waals surface area contributed by atoms with E-state index in [0.29, 0.717) is 10.2 Å². The van der Waals surface area contributed by atoms with E-state index in [-0.39, 0.29) is 18.0 Å². The maximum atomic E-state index is 12.6. The third kappa shape index (κ3) is 4.76. The highest BCUT2D eigenvalue weighted by molar-refractivity contribution is 9.11. The molecule has 3 aromatic carbocycles. The molecule has 0 bridgehead atoms. The number of carbonyl (C=O) groups is 1. The van der Waals surface area contributed by atoms with Gasteiger partial charge in [-0.15, -0.1) is 11.3 Å². The molecule has 0 radical (unpaired) electrons. The minimum absolute atomic E-state index is 0.0314. The molecular weight excluding hydrogens is 550 g/mol. The summed E-state index contributed by atoms with van der Waals surface area (Å²) >= 11 is 8.49. The second-order valence-corrected chi connectivity index (χ2v) is 9.16. The Hall–Kier alpha value is -2.82. The lowest BCUT2D eigenvalue weighted by molar-refractivity contribution is -0.385. The van der Waals surface area contributed by atoms with Gasteiger partial charge in [0.05, 0.1) is 20.8 Å². The van der Waals surface area contributed by atoms with Crippen LogP contribution < -0.4 is 10.1 Å². The molecule has 0 aliphatic carbocycles. The second-order valence-electron chi connectivity index (χ2n) is 6.36. The van der Waals surface area contributed by atoms with E-state index in [9.17, 15) is 14.9 Å². The largest absolute Gasteiger partial charge is 0.477 e. The smallest absolute Gasteiger partial charge is 0.310 e. The predicted octanol–water partition coefficient (Wildman–Crippen LogP) is 6.41. The summed E-state index contributed by atoms with van der Waals surface area (Å²) in [5, 5.41) is 14.7. The number of benzene rings is 3. The number of carbonyl (C=O) groups excluding carboxylic acids is 1. The first-order valence-corrected chi connectivity index (χ1v) is 11.3. The summed E-state index contributed by atoms with van der Waals surface area (Å²) in [7, 11) is 0. The van der Waals surface area contributed by atoms with Crippen LogP contribution >= 0.6 is 43.2 Å². The van der Waals surface area contributed by atoms with Crippen molar-refractivity contribution < 1.29 is 14.5 Å². The van der Waals surface area contributed by atoms with Crippen LogP contribution in [-0.2, 0) is 4.79 Å². The Labute approximate surface area is 197 Å². The van der Waals surface area contributed by atoms with Crippen LogP contribution in [0.3, 0.4) is 0 Å². The molecular formula is C21H13Br2N3O4S. The standard InChI is InChI=1S/C21H13Br2N3O4S/c22-12-9-13(21-24-15-5-1-4-8-18(15)31-21)20(14(23)10-12)25-19(27)11-30-17-7-3-2-6-16(17)26(28)29/h1-10H,11H2,(H,25,27). The van der Waals surface area contributed by atoms with Crippen LogP contribution in [-0.4, -0.2) is 22.4 Å². The molecule has 1 N–H and O–H groups in total. The Morgan fingerprint density at radius 2 is 1.87 bits per heavy atom.